The molecule has 1 aliphatic rings. The van der Waals surface area contributed by atoms with E-state index in [2.05, 4.69) is 5.32 Å². The van der Waals surface area contributed by atoms with Crippen molar-refractivity contribution in [2.24, 2.45) is 5.73 Å². The Bertz CT molecular complexity index is 316. The lowest BCUT2D eigenvalue weighted by Gasteiger charge is -2.30. The number of rotatable bonds is 6. The largest absolute Gasteiger partial charge is 0.480 e. The molecular formula is C11H20N2O3S. The van der Waals surface area contributed by atoms with E-state index in [1.807, 2.05) is 0 Å². The van der Waals surface area contributed by atoms with Crippen LogP contribution in [0.3, 0.4) is 0 Å². The molecule has 4 N–H and O–H groups in total. The fraction of sp³-hybridized carbons (Fsp3) is 0.818. The molecule has 0 aromatic carbocycles. The number of aliphatic carboxylic acids is 1. The zero-order valence-electron chi connectivity index (χ0n) is 10.4. The molecule has 0 spiro atoms. The van der Waals surface area contributed by atoms with Crippen LogP contribution in [0.25, 0.3) is 0 Å². The molecule has 0 bridgehead atoms. The number of nitrogens with two attached hydrogens (primary N) is 1. The lowest BCUT2D eigenvalue weighted by Crippen LogP contribution is -2.48. The van der Waals surface area contributed by atoms with Crippen LogP contribution < -0.4 is 11.1 Å². The van der Waals surface area contributed by atoms with E-state index in [-0.39, 0.29) is 11.2 Å². The van der Waals surface area contributed by atoms with E-state index in [1.165, 1.54) is 11.8 Å². The molecule has 6 heteroatoms. The molecule has 0 aromatic heterocycles. The van der Waals surface area contributed by atoms with E-state index < -0.39 is 16.8 Å². The Labute approximate surface area is 106 Å². The van der Waals surface area contributed by atoms with Crippen molar-refractivity contribution in [1.29, 1.82) is 0 Å². The number of carbonyl (C=O) groups excluding carboxylic acids is 1. The van der Waals surface area contributed by atoms with Crippen molar-refractivity contribution in [1.82, 2.24) is 5.32 Å². The summed E-state index contributed by atoms with van der Waals surface area (Å²) in [6, 6.07) is -0.662. The smallest absolute Gasteiger partial charge is 0.321 e. The highest BCUT2D eigenvalue weighted by Gasteiger charge is 2.36. The van der Waals surface area contributed by atoms with Crippen LogP contribution in [0.15, 0.2) is 0 Å². The summed E-state index contributed by atoms with van der Waals surface area (Å²) in [6.07, 6.45) is 2.09. The second kappa shape index (κ2) is 5.27. The third-order valence-corrected chi connectivity index (χ3v) is 4.22. The Morgan fingerprint density at radius 2 is 2.00 bits per heavy atom. The molecule has 1 unspecified atom stereocenters. The number of carboxylic acids is 1. The van der Waals surface area contributed by atoms with Gasteiger partial charge in [0.1, 0.15) is 6.04 Å². The Balaban J connectivity index is 2.49. The number of hydrogen-bond donors (Lipinski definition) is 3. The van der Waals surface area contributed by atoms with Crippen LogP contribution in [0.2, 0.25) is 0 Å². The van der Waals surface area contributed by atoms with Crippen LogP contribution >= 0.6 is 11.8 Å². The highest BCUT2D eigenvalue weighted by Crippen LogP contribution is 2.32. The van der Waals surface area contributed by atoms with Crippen molar-refractivity contribution in [3.8, 4) is 0 Å². The van der Waals surface area contributed by atoms with Crippen molar-refractivity contribution in [2.45, 2.75) is 55.7 Å². The van der Waals surface area contributed by atoms with Gasteiger partial charge in [-0.3, -0.25) is 9.59 Å². The molecule has 1 amide bonds. The predicted molar refractivity (Wildman–Crippen MR) is 67.9 cm³/mol. The van der Waals surface area contributed by atoms with Crippen molar-refractivity contribution >= 4 is 23.6 Å². The van der Waals surface area contributed by atoms with Crippen LogP contribution in [0, 0.1) is 0 Å². The minimum absolute atomic E-state index is 0.0387. The number of hydrogen-bond acceptors (Lipinski definition) is 4. The molecule has 0 aliphatic heterocycles. The van der Waals surface area contributed by atoms with Crippen molar-refractivity contribution in [2.75, 3.05) is 0 Å². The molecule has 1 fully saturated rings. The maximum absolute atomic E-state index is 11.7. The van der Waals surface area contributed by atoms with Gasteiger partial charge in [-0.2, -0.15) is 0 Å². The SMILES string of the molecule is CC(SC(C)(C)[C@H](N)C(=O)O)C(=O)NC1CC1. The normalized spacial score (nSPS) is 19.5. The van der Waals surface area contributed by atoms with Gasteiger partial charge in [-0.1, -0.05) is 0 Å². The van der Waals surface area contributed by atoms with E-state index >= 15 is 0 Å². The third kappa shape index (κ3) is 4.20. The first-order chi connectivity index (χ1) is 7.74. The maximum atomic E-state index is 11.7. The average molecular weight is 260 g/mol. The molecule has 2 atom stereocenters. The first-order valence-corrected chi connectivity index (χ1v) is 6.58. The van der Waals surface area contributed by atoms with Crippen LogP contribution in [0.4, 0.5) is 0 Å². The molecule has 1 saturated carbocycles. The summed E-state index contributed by atoms with van der Waals surface area (Å²) < 4.78 is -0.674. The standard InChI is InChI=1S/C11H20N2O3S/c1-6(9(14)13-7-4-5-7)17-11(2,3)8(12)10(15)16/h6-8H,4-5,12H2,1-3H3,(H,13,14)(H,15,16)/t6?,8-/m1/s1. The van der Waals surface area contributed by atoms with Gasteiger partial charge in [-0.15, -0.1) is 11.8 Å². The maximum Gasteiger partial charge on any atom is 0.321 e. The summed E-state index contributed by atoms with van der Waals surface area (Å²) >= 11 is 1.30. The Kier molecular flexibility index (Phi) is 4.43. The van der Waals surface area contributed by atoms with E-state index in [9.17, 15) is 9.59 Å². The first kappa shape index (κ1) is 14.3. The molecule has 17 heavy (non-hydrogen) atoms. The van der Waals surface area contributed by atoms with Crippen LogP contribution in [0.5, 0.6) is 0 Å². The van der Waals surface area contributed by atoms with E-state index in [0.29, 0.717) is 6.04 Å². The van der Waals surface area contributed by atoms with Gasteiger partial charge in [0.05, 0.1) is 5.25 Å². The minimum atomic E-state index is -1.04. The first-order valence-electron chi connectivity index (χ1n) is 5.70. The summed E-state index contributed by atoms with van der Waals surface area (Å²) in [5.74, 6) is -1.08. The lowest BCUT2D eigenvalue weighted by atomic mass is 10.1. The lowest BCUT2D eigenvalue weighted by molar-refractivity contribution is -0.139. The zero-order valence-corrected chi connectivity index (χ0v) is 11.2. The fourth-order valence-corrected chi connectivity index (χ4v) is 2.76. The van der Waals surface area contributed by atoms with Crippen molar-refractivity contribution in [3.63, 3.8) is 0 Å². The summed E-state index contributed by atoms with van der Waals surface area (Å²) in [5, 5.41) is 11.5. The van der Waals surface area contributed by atoms with Crippen LogP contribution in [-0.4, -0.2) is 39.1 Å². The van der Waals surface area contributed by atoms with Gasteiger partial charge in [0.2, 0.25) is 5.91 Å². The van der Waals surface area contributed by atoms with Gasteiger partial charge in [0.15, 0.2) is 0 Å². The van der Waals surface area contributed by atoms with Gasteiger partial charge in [-0.05, 0) is 33.6 Å². The Morgan fingerprint density at radius 1 is 1.47 bits per heavy atom. The summed E-state index contributed by atoms with van der Waals surface area (Å²) in [5.41, 5.74) is 5.60. The molecule has 1 rings (SSSR count). The van der Waals surface area contributed by atoms with Gasteiger partial charge in [-0.25, -0.2) is 0 Å². The summed E-state index contributed by atoms with van der Waals surface area (Å²) in [7, 11) is 0. The van der Waals surface area contributed by atoms with Crippen LogP contribution in [0.1, 0.15) is 33.6 Å². The molecule has 0 radical (unpaired) electrons. The van der Waals surface area contributed by atoms with E-state index in [0.717, 1.165) is 12.8 Å². The highest BCUT2D eigenvalue weighted by molar-refractivity contribution is 8.02. The number of carboxylic acid groups (broad SMARTS) is 1. The van der Waals surface area contributed by atoms with Crippen molar-refractivity contribution < 1.29 is 14.7 Å². The van der Waals surface area contributed by atoms with Gasteiger partial charge >= 0.3 is 5.97 Å². The van der Waals surface area contributed by atoms with Gasteiger partial charge < -0.3 is 16.2 Å². The number of nitrogens with one attached hydrogen (secondary N) is 1. The molecule has 1 aliphatic carbocycles. The van der Waals surface area contributed by atoms with Crippen LogP contribution in [-0.2, 0) is 9.59 Å². The summed E-state index contributed by atoms with van der Waals surface area (Å²) in [4.78, 5) is 22.6. The molecule has 5 nitrogen and oxygen atoms in total. The van der Waals surface area contributed by atoms with E-state index in [1.54, 1.807) is 20.8 Å². The minimum Gasteiger partial charge on any atom is -0.480 e. The third-order valence-electron chi connectivity index (χ3n) is 2.79. The van der Waals surface area contributed by atoms with Crippen molar-refractivity contribution in [3.05, 3.63) is 0 Å². The van der Waals surface area contributed by atoms with E-state index in [4.69, 9.17) is 10.8 Å². The molecule has 98 valence electrons. The topological polar surface area (TPSA) is 92.4 Å². The molecule has 0 saturated heterocycles. The second-order valence-electron chi connectivity index (χ2n) is 4.96. The quantitative estimate of drug-likeness (QED) is 0.649. The second-order valence-corrected chi connectivity index (χ2v) is 6.96. The number of thioether (sulfide) groups is 1. The fourth-order valence-electron chi connectivity index (χ4n) is 1.43. The monoisotopic (exact) mass is 260 g/mol. The summed E-state index contributed by atoms with van der Waals surface area (Å²) in [6.45, 7) is 5.27. The van der Waals surface area contributed by atoms with Gasteiger partial charge in [0.25, 0.3) is 0 Å². The number of carbonyl (C=O) groups is 2. The molecule has 0 heterocycles. The highest BCUT2D eigenvalue weighted by atomic mass is 32.2. The Hall–Kier alpha value is -0.750. The molecule has 0 aromatic rings. The number of amides is 1. The zero-order chi connectivity index (χ0) is 13.2. The van der Waals surface area contributed by atoms with Gasteiger partial charge in [0, 0.05) is 10.8 Å². The average Bonchev–Trinajstić information content (AvgIpc) is 2.99. The predicted octanol–water partition coefficient (Wildman–Crippen LogP) is 0.577. The molecular weight excluding hydrogens is 240 g/mol. The Morgan fingerprint density at radius 3 is 2.41 bits per heavy atom.